The van der Waals surface area contributed by atoms with E-state index in [4.69, 9.17) is 5.53 Å². The smallest absolute Gasteiger partial charge is 0.361 e. The Morgan fingerprint density at radius 2 is 1.23 bits per heavy atom. The molecule has 3 aromatic rings. The van der Waals surface area contributed by atoms with Gasteiger partial charge in [0.05, 0.1) is 5.25 Å². The van der Waals surface area contributed by atoms with Crippen LogP contribution in [0.3, 0.4) is 0 Å². The third-order valence-corrected chi connectivity index (χ3v) is 6.61. The first kappa shape index (κ1) is 18.3. The second-order valence-corrected chi connectivity index (χ2v) is 8.67. The molecule has 0 bridgehead atoms. The molecule has 26 heavy (non-hydrogen) atoms. The fraction of sp³-hybridized carbons (Fsp3) is 0.286. The van der Waals surface area contributed by atoms with Crippen molar-refractivity contribution in [3.63, 3.8) is 0 Å². The Morgan fingerprint density at radius 3 is 1.62 bits per heavy atom. The summed E-state index contributed by atoms with van der Waals surface area (Å²) in [4.78, 5) is 2.57. The Morgan fingerprint density at radius 1 is 0.808 bits per heavy atom. The van der Waals surface area contributed by atoms with E-state index in [9.17, 15) is 8.42 Å². The molecule has 0 saturated heterocycles. The van der Waals surface area contributed by atoms with Crippen LogP contribution >= 0.6 is 0 Å². The number of benzene rings is 3. The van der Waals surface area contributed by atoms with Gasteiger partial charge in [0.1, 0.15) is 0 Å². The molecule has 3 aromatic carbocycles. The minimum atomic E-state index is -3.28. The quantitative estimate of drug-likeness (QED) is 0.211. The number of hydrogen-bond donors (Lipinski definition) is 0. The van der Waals surface area contributed by atoms with Crippen molar-refractivity contribution < 1.29 is 13.2 Å². The molecular weight excluding hydrogens is 344 g/mol. The van der Waals surface area contributed by atoms with Gasteiger partial charge in [0.25, 0.3) is 0 Å². The molecule has 5 heteroatoms. The lowest BCUT2D eigenvalue weighted by atomic mass is 10.0. The van der Waals surface area contributed by atoms with E-state index in [1.165, 1.54) is 21.5 Å². The maximum Gasteiger partial charge on any atom is 0.370 e. The fourth-order valence-electron chi connectivity index (χ4n) is 3.43. The normalized spacial score (nSPS) is 15.1. The summed E-state index contributed by atoms with van der Waals surface area (Å²) in [6.07, 6.45) is 4.44. The molecule has 0 aromatic heterocycles. The van der Waals surface area contributed by atoms with Crippen LogP contribution in [0.15, 0.2) is 60.7 Å². The van der Waals surface area contributed by atoms with E-state index in [1.54, 1.807) is 0 Å². The highest BCUT2D eigenvalue weighted by Crippen LogP contribution is 2.23. The van der Waals surface area contributed by atoms with Gasteiger partial charge in [0.15, 0.2) is 0 Å². The van der Waals surface area contributed by atoms with Gasteiger partial charge in [-0.05, 0) is 46.5 Å². The summed E-state index contributed by atoms with van der Waals surface area (Å²) in [7, 11) is -3.28. The van der Waals surface area contributed by atoms with Crippen LogP contribution in [-0.2, 0) is 9.84 Å². The highest BCUT2D eigenvalue weighted by molar-refractivity contribution is 8.04. The third-order valence-electron chi connectivity index (χ3n) is 4.82. The molecule has 0 unspecified atom stereocenters. The molecular formula is C21H22N2O2S. The average molecular weight is 366 g/mol. The first-order chi connectivity index (χ1) is 12.6. The van der Waals surface area contributed by atoms with Gasteiger partial charge in [-0.15, -0.1) is 0 Å². The Bertz CT molecular complexity index is 943. The Labute approximate surface area is 154 Å². The van der Waals surface area contributed by atoms with E-state index < -0.39 is 9.84 Å². The van der Waals surface area contributed by atoms with Crippen molar-refractivity contribution in [1.29, 1.82) is 0 Å². The van der Waals surface area contributed by atoms with E-state index in [0.717, 1.165) is 19.3 Å². The summed E-state index contributed by atoms with van der Waals surface area (Å²) >= 11 is 0. The maximum atomic E-state index is 11.3. The number of nitrogens with zero attached hydrogens (tertiary/aromatic N) is 2. The minimum Gasteiger partial charge on any atom is -0.361 e. The molecule has 4 nitrogen and oxygen atoms in total. The second-order valence-electron chi connectivity index (χ2n) is 6.62. The molecule has 0 spiro atoms. The molecule has 1 fully saturated rings. The summed E-state index contributed by atoms with van der Waals surface area (Å²) in [5.41, 5.74) is 8.78. The molecule has 0 atom stereocenters. The molecule has 0 N–H and O–H groups in total. The zero-order valence-corrected chi connectivity index (χ0v) is 15.4. The van der Waals surface area contributed by atoms with Gasteiger partial charge >= 0.3 is 5.55 Å². The van der Waals surface area contributed by atoms with Crippen molar-refractivity contribution in [2.45, 2.75) is 37.4 Å². The third kappa shape index (κ3) is 4.37. The van der Waals surface area contributed by atoms with Gasteiger partial charge in [-0.3, -0.25) is 0 Å². The summed E-state index contributed by atoms with van der Waals surface area (Å²) in [6, 6.07) is 21.4. The van der Waals surface area contributed by atoms with Gasteiger partial charge in [0, 0.05) is 0 Å². The molecule has 0 aliphatic heterocycles. The van der Waals surface area contributed by atoms with Crippen molar-refractivity contribution in [3.8, 4) is 0 Å². The average Bonchev–Trinajstić information content (AvgIpc) is 2.67. The maximum absolute atomic E-state index is 11.3. The van der Waals surface area contributed by atoms with Crippen LogP contribution in [-0.4, -0.2) is 24.0 Å². The van der Waals surface area contributed by atoms with E-state index >= 15 is 0 Å². The zero-order chi connectivity index (χ0) is 18.4. The molecule has 1 aliphatic carbocycles. The monoisotopic (exact) mass is 366 g/mol. The number of rotatable bonds is 2. The minimum absolute atomic E-state index is 0.317. The molecule has 1 aliphatic rings. The SMILES string of the molecule is [N-]=[N+]=CS(=O)(=O)C1CCCCC1.c1ccc2cc3ccccc3cc2c1. The highest BCUT2D eigenvalue weighted by atomic mass is 32.2. The van der Waals surface area contributed by atoms with Crippen LogP contribution in [0.25, 0.3) is 27.1 Å². The number of hydrogen-bond acceptors (Lipinski definition) is 2. The van der Waals surface area contributed by atoms with E-state index in [2.05, 4.69) is 65.5 Å². The van der Waals surface area contributed by atoms with Gasteiger partial charge < -0.3 is 5.53 Å². The van der Waals surface area contributed by atoms with Gasteiger partial charge in [-0.2, -0.15) is 4.79 Å². The van der Waals surface area contributed by atoms with Crippen LogP contribution in [0.1, 0.15) is 32.1 Å². The van der Waals surface area contributed by atoms with Crippen LogP contribution in [0, 0.1) is 0 Å². The lowest BCUT2D eigenvalue weighted by Gasteiger charge is -2.17. The number of fused-ring (bicyclic) bond motifs is 2. The van der Waals surface area contributed by atoms with Crippen LogP contribution < -0.4 is 0 Å². The molecule has 0 radical (unpaired) electrons. The fourth-order valence-corrected chi connectivity index (χ4v) is 4.72. The van der Waals surface area contributed by atoms with Crippen molar-refractivity contribution in [2.75, 3.05) is 0 Å². The van der Waals surface area contributed by atoms with Crippen LogP contribution in [0.4, 0.5) is 0 Å². The summed E-state index contributed by atoms with van der Waals surface area (Å²) < 4.78 is 22.6. The zero-order valence-electron chi connectivity index (χ0n) is 14.6. The Balaban J connectivity index is 0.000000153. The summed E-state index contributed by atoms with van der Waals surface area (Å²) in [5.74, 6) is 0. The van der Waals surface area contributed by atoms with Crippen molar-refractivity contribution in [3.05, 3.63) is 66.2 Å². The molecule has 4 rings (SSSR count). The molecule has 1 saturated carbocycles. The predicted molar refractivity (Wildman–Crippen MR) is 107 cm³/mol. The van der Waals surface area contributed by atoms with E-state index in [-0.39, 0.29) is 5.25 Å². The lowest BCUT2D eigenvalue weighted by Crippen LogP contribution is -2.24. The Kier molecular flexibility index (Phi) is 5.82. The molecule has 0 amide bonds. The van der Waals surface area contributed by atoms with Crippen LogP contribution in [0.2, 0.25) is 0 Å². The molecule has 0 heterocycles. The summed E-state index contributed by atoms with van der Waals surface area (Å²) in [5, 5.41) is 4.93. The lowest BCUT2D eigenvalue weighted by molar-refractivity contribution is 0.00744. The van der Waals surface area contributed by atoms with Gasteiger partial charge in [-0.1, -0.05) is 67.8 Å². The standard InChI is InChI=1S/C14H10.C7H12N2O2S/c1-2-6-12-10-14-8-4-3-7-13(14)9-11(12)5-1;8-9-6-12(10,11)7-4-2-1-3-5-7/h1-10H;6-7H,1-5H2. The van der Waals surface area contributed by atoms with Crippen LogP contribution in [0.5, 0.6) is 0 Å². The highest BCUT2D eigenvalue weighted by Gasteiger charge is 2.28. The Hall–Kier alpha value is -2.49. The topological polar surface area (TPSA) is 70.5 Å². The van der Waals surface area contributed by atoms with E-state index in [1.807, 2.05) is 0 Å². The van der Waals surface area contributed by atoms with E-state index in [0.29, 0.717) is 18.4 Å². The number of sulfone groups is 1. The van der Waals surface area contributed by atoms with Crippen molar-refractivity contribution in [1.82, 2.24) is 0 Å². The molecule has 134 valence electrons. The van der Waals surface area contributed by atoms with Gasteiger partial charge in [-0.25, -0.2) is 8.42 Å². The van der Waals surface area contributed by atoms with Crippen molar-refractivity contribution >= 4 is 36.9 Å². The summed E-state index contributed by atoms with van der Waals surface area (Å²) in [6.45, 7) is 0. The van der Waals surface area contributed by atoms with Crippen molar-refractivity contribution in [2.24, 2.45) is 0 Å². The van der Waals surface area contributed by atoms with Gasteiger partial charge in [0.2, 0.25) is 9.84 Å². The largest absolute Gasteiger partial charge is 0.370 e. The predicted octanol–water partition coefficient (Wildman–Crippen LogP) is 4.99. The first-order valence-corrected chi connectivity index (χ1v) is 10.5. The second kappa shape index (κ2) is 8.26. The first-order valence-electron chi connectivity index (χ1n) is 8.89.